The first kappa shape index (κ1) is 18.6. The van der Waals surface area contributed by atoms with Gasteiger partial charge in [-0.05, 0) is 36.2 Å². The molecule has 1 saturated heterocycles. The lowest BCUT2D eigenvalue weighted by Gasteiger charge is -2.38. The summed E-state index contributed by atoms with van der Waals surface area (Å²) in [6, 6.07) is 0.917. The molecule has 0 spiro atoms. The molecule has 6 nitrogen and oxygen atoms in total. The fraction of sp³-hybridized carbons (Fsp3) is 0.938. The van der Waals surface area contributed by atoms with E-state index in [-0.39, 0.29) is 12.4 Å². The van der Waals surface area contributed by atoms with Crippen LogP contribution in [0.2, 0.25) is 0 Å². The minimum Gasteiger partial charge on any atom is -0.301 e. The molecule has 2 aliphatic rings. The van der Waals surface area contributed by atoms with Crippen LogP contribution in [0.3, 0.4) is 0 Å². The highest BCUT2D eigenvalue weighted by atomic mass is 35.5. The van der Waals surface area contributed by atoms with E-state index in [1.807, 2.05) is 0 Å². The molecule has 1 unspecified atom stereocenters. The maximum Gasteiger partial charge on any atom is 0.168 e. The number of nitrogens with zero attached hydrogens (tertiary/aromatic N) is 6. The van der Waals surface area contributed by atoms with Crippen LogP contribution in [0.4, 0.5) is 0 Å². The number of piperazine rings is 1. The molecule has 7 heteroatoms. The van der Waals surface area contributed by atoms with Crippen LogP contribution in [0.5, 0.6) is 0 Å². The lowest BCUT2D eigenvalue weighted by Crippen LogP contribution is -2.47. The predicted molar refractivity (Wildman–Crippen MR) is 93.9 cm³/mol. The predicted octanol–water partition coefficient (Wildman–Crippen LogP) is 2.69. The van der Waals surface area contributed by atoms with Crippen LogP contribution in [0.1, 0.15) is 70.3 Å². The Balaban J connectivity index is 0.00000192. The van der Waals surface area contributed by atoms with Crippen LogP contribution < -0.4 is 0 Å². The Morgan fingerprint density at radius 3 is 2.39 bits per heavy atom. The smallest absolute Gasteiger partial charge is 0.168 e. The molecule has 23 heavy (non-hydrogen) atoms. The first-order valence-corrected chi connectivity index (χ1v) is 9.07. The van der Waals surface area contributed by atoms with Crippen molar-refractivity contribution in [2.45, 2.75) is 64.5 Å². The van der Waals surface area contributed by atoms with Crippen molar-refractivity contribution in [2.24, 2.45) is 0 Å². The Labute approximate surface area is 146 Å². The van der Waals surface area contributed by atoms with Crippen molar-refractivity contribution in [1.82, 2.24) is 30.0 Å². The Hall–Kier alpha value is -0.720. The summed E-state index contributed by atoms with van der Waals surface area (Å²) in [5.41, 5.74) is 0. The molecule has 0 aromatic carbocycles. The molecule has 1 saturated carbocycles. The number of aromatic nitrogens is 4. The van der Waals surface area contributed by atoms with Gasteiger partial charge < -0.3 is 4.90 Å². The van der Waals surface area contributed by atoms with Crippen LogP contribution in [0.25, 0.3) is 0 Å². The first-order valence-electron chi connectivity index (χ1n) is 9.07. The summed E-state index contributed by atoms with van der Waals surface area (Å²) >= 11 is 0. The van der Waals surface area contributed by atoms with E-state index >= 15 is 0 Å². The highest BCUT2D eigenvalue weighted by Gasteiger charge is 2.30. The van der Waals surface area contributed by atoms with E-state index < -0.39 is 0 Å². The van der Waals surface area contributed by atoms with E-state index in [9.17, 15) is 0 Å². The van der Waals surface area contributed by atoms with E-state index in [1.165, 1.54) is 45.2 Å². The van der Waals surface area contributed by atoms with Crippen molar-refractivity contribution in [3.05, 3.63) is 5.82 Å². The average Bonchev–Trinajstić information content (AvgIpc) is 3.23. The number of hydrogen-bond donors (Lipinski definition) is 0. The summed E-state index contributed by atoms with van der Waals surface area (Å²) in [5.74, 6) is 1.11. The molecule has 1 aliphatic carbocycles. The second kappa shape index (κ2) is 8.94. The van der Waals surface area contributed by atoms with Gasteiger partial charge in [-0.2, -0.15) is 0 Å². The zero-order valence-electron chi connectivity index (χ0n) is 14.5. The molecule has 0 amide bonds. The van der Waals surface area contributed by atoms with Gasteiger partial charge in [0, 0.05) is 26.2 Å². The van der Waals surface area contributed by atoms with Gasteiger partial charge in [0.15, 0.2) is 5.82 Å². The Bertz CT molecular complexity index is 451. The van der Waals surface area contributed by atoms with Gasteiger partial charge in [-0.3, -0.25) is 4.90 Å². The second-order valence-electron chi connectivity index (χ2n) is 6.69. The zero-order valence-corrected chi connectivity index (χ0v) is 15.3. The molecule has 1 aliphatic heterocycles. The topological polar surface area (TPSA) is 50.1 Å². The molecule has 0 radical (unpaired) electrons. The van der Waals surface area contributed by atoms with Crippen molar-refractivity contribution >= 4 is 12.4 Å². The Kier molecular flexibility index (Phi) is 7.24. The fourth-order valence-electron chi connectivity index (χ4n) is 3.97. The molecule has 132 valence electrons. The fourth-order valence-corrected chi connectivity index (χ4v) is 3.97. The molecule has 1 aromatic rings. The third kappa shape index (κ3) is 4.22. The number of tetrazole rings is 1. The zero-order chi connectivity index (χ0) is 15.4. The summed E-state index contributed by atoms with van der Waals surface area (Å²) in [4.78, 5) is 5.13. The van der Waals surface area contributed by atoms with Gasteiger partial charge in [0.05, 0.1) is 12.1 Å². The maximum absolute atomic E-state index is 4.44. The number of hydrogen-bond acceptors (Lipinski definition) is 5. The number of rotatable bonds is 6. The molecular weight excluding hydrogens is 312 g/mol. The molecular formula is C16H31ClN6. The van der Waals surface area contributed by atoms with Gasteiger partial charge in [0.2, 0.25) is 0 Å². The highest BCUT2D eigenvalue weighted by Crippen LogP contribution is 2.33. The van der Waals surface area contributed by atoms with E-state index in [0.717, 1.165) is 31.9 Å². The van der Waals surface area contributed by atoms with Crippen LogP contribution >= 0.6 is 12.4 Å². The number of likely N-dealkylation sites (N-methyl/N-ethyl adjacent to an activating group) is 1. The van der Waals surface area contributed by atoms with Crippen LogP contribution in [-0.2, 0) is 0 Å². The minimum atomic E-state index is 0. The second-order valence-corrected chi connectivity index (χ2v) is 6.69. The van der Waals surface area contributed by atoms with Gasteiger partial charge in [-0.25, -0.2) is 4.68 Å². The molecule has 1 atom stereocenters. The largest absolute Gasteiger partial charge is 0.301 e. The van der Waals surface area contributed by atoms with Gasteiger partial charge in [0.1, 0.15) is 0 Å². The van der Waals surface area contributed by atoms with Gasteiger partial charge in [-0.15, -0.1) is 17.5 Å². The van der Waals surface area contributed by atoms with Crippen molar-refractivity contribution < 1.29 is 0 Å². The summed E-state index contributed by atoms with van der Waals surface area (Å²) < 4.78 is 2.15. The third-order valence-electron chi connectivity index (χ3n) is 5.34. The van der Waals surface area contributed by atoms with Crippen molar-refractivity contribution in [1.29, 1.82) is 0 Å². The molecule has 3 rings (SSSR count). The van der Waals surface area contributed by atoms with Gasteiger partial charge >= 0.3 is 0 Å². The average molecular weight is 343 g/mol. The monoisotopic (exact) mass is 342 g/mol. The van der Waals surface area contributed by atoms with Crippen molar-refractivity contribution in [3.63, 3.8) is 0 Å². The minimum absolute atomic E-state index is 0. The normalized spacial score (nSPS) is 22.2. The van der Waals surface area contributed by atoms with Gasteiger partial charge in [-0.1, -0.05) is 33.1 Å². The third-order valence-corrected chi connectivity index (χ3v) is 5.34. The standard InChI is InChI=1S/C16H30N6.ClH/c1-3-7-15(21-12-10-20(4-2)11-13-21)16-17-18-19-22(16)14-8-5-6-9-14;/h14-15H,3-13H2,1-2H3;1H. The van der Waals surface area contributed by atoms with E-state index in [1.54, 1.807) is 0 Å². The molecule has 1 aromatic heterocycles. The van der Waals surface area contributed by atoms with E-state index in [0.29, 0.717) is 12.1 Å². The quantitative estimate of drug-likeness (QED) is 0.795. The molecule has 2 heterocycles. The van der Waals surface area contributed by atoms with Crippen LogP contribution in [0.15, 0.2) is 0 Å². The summed E-state index contributed by atoms with van der Waals surface area (Å²) in [5, 5.41) is 12.8. The van der Waals surface area contributed by atoms with Crippen molar-refractivity contribution in [3.8, 4) is 0 Å². The summed E-state index contributed by atoms with van der Waals surface area (Å²) in [6.45, 7) is 10.3. The first-order chi connectivity index (χ1) is 10.8. The maximum atomic E-state index is 4.44. The molecule has 2 fully saturated rings. The molecule has 0 bridgehead atoms. The lowest BCUT2D eigenvalue weighted by molar-refractivity contribution is 0.0878. The van der Waals surface area contributed by atoms with Gasteiger partial charge in [0.25, 0.3) is 0 Å². The van der Waals surface area contributed by atoms with E-state index in [2.05, 4.69) is 43.9 Å². The highest BCUT2D eigenvalue weighted by molar-refractivity contribution is 5.85. The Morgan fingerprint density at radius 1 is 1.09 bits per heavy atom. The molecule has 0 N–H and O–H groups in total. The van der Waals surface area contributed by atoms with Crippen molar-refractivity contribution in [2.75, 3.05) is 32.7 Å². The Morgan fingerprint density at radius 2 is 1.78 bits per heavy atom. The summed E-state index contributed by atoms with van der Waals surface area (Å²) in [6.07, 6.45) is 7.44. The lowest BCUT2D eigenvalue weighted by atomic mass is 10.1. The number of halogens is 1. The van der Waals surface area contributed by atoms with E-state index in [4.69, 9.17) is 0 Å². The summed E-state index contributed by atoms with van der Waals surface area (Å²) in [7, 11) is 0. The van der Waals surface area contributed by atoms with Crippen LogP contribution in [0, 0.1) is 0 Å². The SMILES string of the molecule is CCCC(c1nnnn1C1CCCC1)N1CCN(CC)CC1.Cl. The van der Waals surface area contributed by atoms with Crippen LogP contribution in [-0.4, -0.2) is 62.7 Å².